The molecule has 2 aliphatic heterocycles. The first kappa shape index (κ1) is 21.0. The summed E-state index contributed by atoms with van der Waals surface area (Å²) in [6, 6.07) is 17.1. The van der Waals surface area contributed by atoms with Crippen LogP contribution in [0.15, 0.2) is 48.5 Å². The second-order valence-corrected chi connectivity index (χ2v) is 8.57. The summed E-state index contributed by atoms with van der Waals surface area (Å²) < 4.78 is 7.85. The van der Waals surface area contributed by atoms with Crippen molar-refractivity contribution in [1.82, 2.24) is 19.4 Å². The van der Waals surface area contributed by atoms with E-state index in [1.165, 1.54) is 11.2 Å². The summed E-state index contributed by atoms with van der Waals surface area (Å²) in [6.45, 7) is 10.5. The van der Waals surface area contributed by atoms with E-state index in [1.54, 1.807) is 6.92 Å². The van der Waals surface area contributed by atoms with Crippen LogP contribution >= 0.6 is 0 Å². The number of benzene rings is 2. The molecule has 0 N–H and O–H groups in total. The van der Waals surface area contributed by atoms with E-state index in [4.69, 9.17) is 9.72 Å². The van der Waals surface area contributed by atoms with E-state index >= 15 is 0 Å². The van der Waals surface area contributed by atoms with E-state index in [0.29, 0.717) is 0 Å². The van der Waals surface area contributed by atoms with Crippen LogP contribution in [0.4, 0.5) is 5.69 Å². The maximum atomic E-state index is 11.6. The lowest BCUT2D eigenvalue weighted by Crippen LogP contribution is -2.48. The molecule has 0 unspecified atom stereocenters. The Balaban J connectivity index is 1.36. The molecule has 2 aromatic carbocycles. The predicted octanol–water partition coefficient (Wildman–Crippen LogP) is 2.70. The van der Waals surface area contributed by atoms with Crippen LogP contribution in [-0.2, 0) is 16.1 Å². The van der Waals surface area contributed by atoms with Gasteiger partial charge in [-0.1, -0.05) is 12.1 Å². The van der Waals surface area contributed by atoms with Crippen molar-refractivity contribution >= 4 is 22.6 Å². The smallest absolute Gasteiger partial charge is 0.219 e. The first-order valence-electron chi connectivity index (χ1n) is 11.6. The van der Waals surface area contributed by atoms with Crippen LogP contribution < -0.4 is 4.90 Å². The van der Waals surface area contributed by atoms with Gasteiger partial charge >= 0.3 is 0 Å². The molecule has 2 fully saturated rings. The summed E-state index contributed by atoms with van der Waals surface area (Å²) >= 11 is 0. The van der Waals surface area contributed by atoms with E-state index in [9.17, 15) is 4.79 Å². The first-order valence-corrected chi connectivity index (χ1v) is 11.6. The topological polar surface area (TPSA) is 53.8 Å². The number of ether oxygens (including phenoxy) is 1. The fraction of sp³-hybridized carbons (Fsp3) is 0.440. The van der Waals surface area contributed by atoms with Gasteiger partial charge in [0.25, 0.3) is 0 Å². The maximum Gasteiger partial charge on any atom is 0.219 e. The molecule has 32 heavy (non-hydrogen) atoms. The van der Waals surface area contributed by atoms with Crippen molar-refractivity contribution in [2.24, 2.45) is 0 Å². The van der Waals surface area contributed by atoms with Gasteiger partial charge in [0.15, 0.2) is 0 Å². The summed E-state index contributed by atoms with van der Waals surface area (Å²) in [6.07, 6.45) is 0. The summed E-state index contributed by atoms with van der Waals surface area (Å²) in [4.78, 5) is 23.3. The highest BCUT2D eigenvalue weighted by Gasteiger charge is 2.20. The lowest BCUT2D eigenvalue weighted by atomic mass is 10.1. The molecule has 5 rings (SSSR count). The molecule has 3 heterocycles. The molecule has 168 valence electrons. The van der Waals surface area contributed by atoms with E-state index in [1.807, 2.05) is 4.90 Å². The van der Waals surface area contributed by atoms with Gasteiger partial charge in [-0.05, 0) is 36.4 Å². The number of para-hydroxylation sites is 2. The standard InChI is InChI=1S/C25H31N5O2/c1-20(31)28-11-13-29(14-12-28)22-8-6-21(7-9-22)25-26-23-4-2-3-5-24(23)30(25)15-10-27-16-18-32-19-17-27/h2-9H,10-19H2,1H3. The van der Waals surface area contributed by atoms with Crippen LogP contribution in [0.25, 0.3) is 22.4 Å². The fourth-order valence-corrected chi connectivity index (χ4v) is 4.69. The third kappa shape index (κ3) is 4.36. The van der Waals surface area contributed by atoms with Crippen molar-refractivity contribution < 1.29 is 9.53 Å². The van der Waals surface area contributed by atoms with Gasteiger partial charge in [0.2, 0.25) is 5.91 Å². The Morgan fingerprint density at radius 2 is 1.62 bits per heavy atom. The molecule has 0 atom stereocenters. The van der Waals surface area contributed by atoms with Gasteiger partial charge in [-0.15, -0.1) is 0 Å². The number of carbonyl (C=O) groups is 1. The molecule has 3 aromatic rings. The first-order chi connectivity index (χ1) is 15.7. The Hall–Kier alpha value is -2.90. The van der Waals surface area contributed by atoms with E-state index in [-0.39, 0.29) is 5.91 Å². The molecule has 0 aliphatic carbocycles. The number of hydrogen-bond donors (Lipinski definition) is 0. The number of aromatic nitrogens is 2. The number of morpholine rings is 1. The van der Waals surface area contributed by atoms with E-state index < -0.39 is 0 Å². The van der Waals surface area contributed by atoms with Gasteiger partial charge in [0.1, 0.15) is 5.82 Å². The maximum absolute atomic E-state index is 11.6. The minimum Gasteiger partial charge on any atom is -0.379 e. The lowest BCUT2D eigenvalue weighted by molar-refractivity contribution is -0.129. The molecule has 7 nitrogen and oxygen atoms in total. The number of rotatable bonds is 5. The Labute approximate surface area is 189 Å². The molecular formula is C25H31N5O2. The van der Waals surface area contributed by atoms with Gasteiger partial charge in [-0.3, -0.25) is 9.69 Å². The number of fused-ring (bicyclic) bond motifs is 1. The zero-order chi connectivity index (χ0) is 21.9. The summed E-state index contributed by atoms with van der Waals surface area (Å²) in [5.41, 5.74) is 4.55. The molecule has 1 aromatic heterocycles. The highest BCUT2D eigenvalue weighted by molar-refractivity contribution is 5.81. The second-order valence-electron chi connectivity index (χ2n) is 8.57. The third-order valence-electron chi connectivity index (χ3n) is 6.61. The van der Waals surface area contributed by atoms with Crippen LogP contribution in [0.2, 0.25) is 0 Å². The fourth-order valence-electron chi connectivity index (χ4n) is 4.69. The van der Waals surface area contributed by atoms with Crippen LogP contribution in [0.3, 0.4) is 0 Å². The molecule has 0 bridgehead atoms. The minimum atomic E-state index is 0.163. The molecule has 2 saturated heterocycles. The number of imidazole rings is 1. The number of amides is 1. The van der Waals surface area contributed by atoms with Gasteiger partial charge in [0, 0.05) is 70.5 Å². The number of anilines is 1. The molecule has 0 spiro atoms. The Kier molecular flexibility index (Phi) is 6.10. The Bertz CT molecular complexity index is 1060. The number of nitrogens with zero attached hydrogens (tertiary/aromatic N) is 5. The normalized spacial score (nSPS) is 17.8. The van der Waals surface area contributed by atoms with Gasteiger partial charge in [0.05, 0.1) is 24.2 Å². The van der Waals surface area contributed by atoms with Crippen LogP contribution in [-0.4, -0.2) is 84.3 Å². The number of hydrogen-bond acceptors (Lipinski definition) is 5. The SMILES string of the molecule is CC(=O)N1CCN(c2ccc(-c3nc4ccccc4n3CCN3CCOCC3)cc2)CC1. The van der Waals surface area contributed by atoms with Crippen molar-refractivity contribution in [2.75, 3.05) is 63.9 Å². The molecular weight excluding hydrogens is 402 g/mol. The summed E-state index contributed by atoms with van der Waals surface area (Å²) in [7, 11) is 0. The average Bonchev–Trinajstić information content (AvgIpc) is 3.22. The number of piperazine rings is 1. The molecule has 0 radical (unpaired) electrons. The van der Waals surface area contributed by atoms with Crippen molar-refractivity contribution in [3.63, 3.8) is 0 Å². The Morgan fingerprint density at radius 1 is 0.906 bits per heavy atom. The summed E-state index contributed by atoms with van der Waals surface area (Å²) in [5, 5.41) is 0. The molecule has 7 heteroatoms. The second kappa shape index (κ2) is 9.30. The van der Waals surface area contributed by atoms with Crippen molar-refractivity contribution in [3.8, 4) is 11.4 Å². The predicted molar refractivity (Wildman–Crippen MR) is 127 cm³/mol. The quantitative estimate of drug-likeness (QED) is 0.619. The van der Waals surface area contributed by atoms with Crippen LogP contribution in [0, 0.1) is 0 Å². The highest BCUT2D eigenvalue weighted by Crippen LogP contribution is 2.27. The summed E-state index contributed by atoms with van der Waals surface area (Å²) in [5.74, 6) is 1.18. The zero-order valence-electron chi connectivity index (χ0n) is 18.7. The zero-order valence-corrected chi connectivity index (χ0v) is 18.7. The lowest BCUT2D eigenvalue weighted by Gasteiger charge is -2.35. The molecule has 0 saturated carbocycles. The van der Waals surface area contributed by atoms with Crippen molar-refractivity contribution in [3.05, 3.63) is 48.5 Å². The number of carbonyl (C=O) groups excluding carboxylic acids is 1. The largest absolute Gasteiger partial charge is 0.379 e. The highest BCUT2D eigenvalue weighted by atomic mass is 16.5. The molecule has 2 aliphatic rings. The van der Waals surface area contributed by atoms with Crippen molar-refractivity contribution in [2.45, 2.75) is 13.5 Å². The Morgan fingerprint density at radius 3 is 2.34 bits per heavy atom. The van der Waals surface area contributed by atoms with Crippen LogP contribution in [0.5, 0.6) is 0 Å². The van der Waals surface area contributed by atoms with E-state index in [2.05, 4.69) is 62.9 Å². The van der Waals surface area contributed by atoms with Gasteiger partial charge < -0.3 is 19.1 Å². The molecule has 1 amide bonds. The average molecular weight is 434 g/mol. The minimum absolute atomic E-state index is 0.163. The third-order valence-corrected chi connectivity index (χ3v) is 6.61. The van der Waals surface area contributed by atoms with Crippen LogP contribution in [0.1, 0.15) is 6.92 Å². The monoisotopic (exact) mass is 433 g/mol. The van der Waals surface area contributed by atoms with Crippen molar-refractivity contribution in [1.29, 1.82) is 0 Å². The van der Waals surface area contributed by atoms with Gasteiger partial charge in [-0.25, -0.2) is 4.98 Å². The van der Waals surface area contributed by atoms with E-state index in [0.717, 1.165) is 82.5 Å². The van der Waals surface area contributed by atoms with Gasteiger partial charge in [-0.2, -0.15) is 0 Å².